The number of piperidine rings is 1. The molecular weight excluding hydrogens is 360 g/mol. The fraction of sp³-hybridized carbons (Fsp3) is 0.562. The molecule has 0 aliphatic carbocycles. The van der Waals surface area contributed by atoms with E-state index in [4.69, 9.17) is 4.74 Å². The van der Waals surface area contributed by atoms with E-state index in [0.29, 0.717) is 6.54 Å². The van der Waals surface area contributed by atoms with Crippen LogP contribution in [0, 0.1) is 0 Å². The van der Waals surface area contributed by atoms with Crippen LogP contribution >= 0.6 is 15.9 Å². The van der Waals surface area contributed by atoms with Gasteiger partial charge in [-0.25, -0.2) is 14.3 Å². The molecule has 1 aliphatic heterocycles. The SMILES string of the molecule is CC(C)(C)OC(=O)N1CCCC(c2ccnc3cc(Br)nn23)C1. The lowest BCUT2D eigenvalue weighted by Crippen LogP contribution is -2.42. The van der Waals surface area contributed by atoms with Crippen molar-refractivity contribution in [2.75, 3.05) is 13.1 Å². The van der Waals surface area contributed by atoms with Crippen LogP contribution in [0.3, 0.4) is 0 Å². The Morgan fingerprint density at radius 3 is 2.96 bits per heavy atom. The molecule has 0 aromatic carbocycles. The molecule has 1 atom stereocenters. The van der Waals surface area contributed by atoms with Gasteiger partial charge >= 0.3 is 6.09 Å². The van der Waals surface area contributed by atoms with Crippen molar-refractivity contribution >= 4 is 27.7 Å². The van der Waals surface area contributed by atoms with Gasteiger partial charge in [-0.1, -0.05) is 0 Å². The average molecular weight is 381 g/mol. The first-order valence-corrected chi connectivity index (χ1v) is 8.61. The smallest absolute Gasteiger partial charge is 0.410 e. The third-order valence-electron chi connectivity index (χ3n) is 3.85. The Morgan fingerprint density at radius 1 is 1.43 bits per heavy atom. The zero-order valence-electron chi connectivity index (χ0n) is 13.6. The van der Waals surface area contributed by atoms with Gasteiger partial charge < -0.3 is 9.64 Å². The molecule has 0 bridgehead atoms. The van der Waals surface area contributed by atoms with Crippen molar-refractivity contribution in [1.82, 2.24) is 19.5 Å². The number of hydrogen-bond acceptors (Lipinski definition) is 4. The highest BCUT2D eigenvalue weighted by molar-refractivity contribution is 9.10. The molecule has 1 saturated heterocycles. The van der Waals surface area contributed by atoms with Crippen LogP contribution in [0.1, 0.15) is 45.2 Å². The number of fused-ring (bicyclic) bond motifs is 1. The van der Waals surface area contributed by atoms with Crippen molar-refractivity contribution in [2.24, 2.45) is 0 Å². The highest BCUT2D eigenvalue weighted by Gasteiger charge is 2.29. The van der Waals surface area contributed by atoms with Crippen molar-refractivity contribution in [1.29, 1.82) is 0 Å². The number of amides is 1. The molecule has 2 aromatic rings. The standard InChI is InChI=1S/C16H21BrN4O2/c1-16(2,3)23-15(22)20-8-4-5-11(10-20)12-6-7-18-14-9-13(17)19-21(12)14/h6-7,9,11H,4-5,8,10H2,1-3H3. The molecular formula is C16H21BrN4O2. The first-order chi connectivity index (χ1) is 10.8. The summed E-state index contributed by atoms with van der Waals surface area (Å²) in [4.78, 5) is 18.4. The van der Waals surface area contributed by atoms with Gasteiger partial charge in [-0.3, -0.25) is 0 Å². The van der Waals surface area contributed by atoms with Gasteiger partial charge in [0.05, 0.1) is 5.69 Å². The minimum Gasteiger partial charge on any atom is -0.444 e. The second-order valence-corrected chi connectivity index (χ2v) is 7.68. The van der Waals surface area contributed by atoms with Crippen LogP contribution in [-0.4, -0.2) is 44.3 Å². The van der Waals surface area contributed by atoms with E-state index in [-0.39, 0.29) is 12.0 Å². The van der Waals surface area contributed by atoms with Crippen molar-refractivity contribution in [3.8, 4) is 0 Å². The summed E-state index contributed by atoms with van der Waals surface area (Å²) in [5.41, 5.74) is 1.42. The topological polar surface area (TPSA) is 59.7 Å². The van der Waals surface area contributed by atoms with Crippen molar-refractivity contribution in [2.45, 2.75) is 45.1 Å². The minimum absolute atomic E-state index is 0.230. The number of likely N-dealkylation sites (tertiary alicyclic amines) is 1. The fourth-order valence-corrected chi connectivity index (χ4v) is 3.27. The quantitative estimate of drug-likeness (QED) is 0.757. The molecule has 23 heavy (non-hydrogen) atoms. The van der Waals surface area contributed by atoms with Gasteiger partial charge in [-0.05, 0) is 55.6 Å². The van der Waals surface area contributed by atoms with Crippen molar-refractivity contribution in [3.05, 3.63) is 28.6 Å². The van der Waals surface area contributed by atoms with Crippen LogP contribution in [0.4, 0.5) is 4.79 Å². The molecule has 1 amide bonds. The van der Waals surface area contributed by atoms with Gasteiger partial charge in [0, 0.05) is 31.3 Å². The van der Waals surface area contributed by atoms with E-state index in [2.05, 4.69) is 26.0 Å². The Bertz CT molecular complexity index is 722. The molecule has 0 radical (unpaired) electrons. The van der Waals surface area contributed by atoms with Gasteiger partial charge in [0.15, 0.2) is 5.65 Å². The lowest BCUT2D eigenvalue weighted by molar-refractivity contribution is 0.0196. The van der Waals surface area contributed by atoms with E-state index in [1.54, 1.807) is 11.1 Å². The molecule has 1 fully saturated rings. The Labute approximate surface area is 144 Å². The summed E-state index contributed by atoms with van der Waals surface area (Å²) >= 11 is 3.39. The number of halogens is 1. The summed E-state index contributed by atoms with van der Waals surface area (Å²) in [6.45, 7) is 7.05. The Hall–Kier alpha value is -1.63. The molecule has 3 heterocycles. The van der Waals surface area contributed by atoms with Crippen molar-refractivity contribution in [3.63, 3.8) is 0 Å². The summed E-state index contributed by atoms with van der Waals surface area (Å²) in [5, 5.41) is 4.45. The van der Waals surface area contributed by atoms with E-state index in [1.165, 1.54) is 0 Å². The van der Waals surface area contributed by atoms with Crippen LogP contribution in [0.2, 0.25) is 0 Å². The fourth-order valence-electron chi connectivity index (χ4n) is 2.91. The highest BCUT2D eigenvalue weighted by Crippen LogP contribution is 2.28. The first-order valence-electron chi connectivity index (χ1n) is 7.81. The summed E-state index contributed by atoms with van der Waals surface area (Å²) in [7, 11) is 0. The maximum atomic E-state index is 12.3. The van der Waals surface area contributed by atoms with Crippen LogP contribution in [0.5, 0.6) is 0 Å². The first kappa shape index (κ1) is 16.2. The number of hydrogen-bond donors (Lipinski definition) is 0. The molecule has 124 valence electrons. The molecule has 0 spiro atoms. The van der Waals surface area contributed by atoms with E-state index in [9.17, 15) is 4.79 Å². The second kappa shape index (κ2) is 6.11. The number of carbonyl (C=O) groups excluding carboxylic acids is 1. The summed E-state index contributed by atoms with van der Waals surface area (Å²) in [6, 6.07) is 3.87. The molecule has 0 saturated carbocycles. The lowest BCUT2D eigenvalue weighted by atomic mass is 9.95. The van der Waals surface area contributed by atoms with Crippen LogP contribution in [0.25, 0.3) is 5.65 Å². The third kappa shape index (κ3) is 3.65. The lowest BCUT2D eigenvalue weighted by Gasteiger charge is -2.34. The molecule has 2 aromatic heterocycles. The third-order valence-corrected chi connectivity index (χ3v) is 4.24. The maximum absolute atomic E-state index is 12.3. The van der Waals surface area contributed by atoms with E-state index in [1.807, 2.05) is 37.4 Å². The number of carbonyl (C=O) groups is 1. The molecule has 7 heteroatoms. The largest absolute Gasteiger partial charge is 0.444 e. The number of nitrogens with zero attached hydrogens (tertiary/aromatic N) is 4. The number of rotatable bonds is 1. The van der Waals surface area contributed by atoms with E-state index in [0.717, 1.165) is 35.3 Å². The molecule has 0 N–H and O–H groups in total. The van der Waals surface area contributed by atoms with Crippen molar-refractivity contribution < 1.29 is 9.53 Å². The summed E-state index contributed by atoms with van der Waals surface area (Å²) < 4.78 is 8.11. The Kier molecular flexibility index (Phi) is 4.31. The van der Waals surface area contributed by atoms with Gasteiger partial charge in [-0.15, -0.1) is 0 Å². The normalized spacial score (nSPS) is 19.1. The molecule has 1 aliphatic rings. The molecule has 6 nitrogen and oxygen atoms in total. The predicted molar refractivity (Wildman–Crippen MR) is 90.5 cm³/mol. The Morgan fingerprint density at radius 2 is 2.22 bits per heavy atom. The van der Waals surface area contributed by atoms with Gasteiger partial charge in [0.2, 0.25) is 0 Å². The Balaban J connectivity index is 1.81. The predicted octanol–water partition coefficient (Wildman–Crippen LogP) is 3.61. The summed E-state index contributed by atoms with van der Waals surface area (Å²) in [5.74, 6) is 0.230. The molecule has 1 unspecified atom stereocenters. The van der Waals surface area contributed by atoms with Gasteiger partial charge in [0.25, 0.3) is 0 Å². The van der Waals surface area contributed by atoms with Crippen LogP contribution in [-0.2, 0) is 4.74 Å². The van der Waals surface area contributed by atoms with Gasteiger partial charge in [0.1, 0.15) is 10.2 Å². The zero-order valence-corrected chi connectivity index (χ0v) is 15.2. The van der Waals surface area contributed by atoms with E-state index >= 15 is 0 Å². The monoisotopic (exact) mass is 380 g/mol. The van der Waals surface area contributed by atoms with Crippen LogP contribution in [0.15, 0.2) is 22.9 Å². The summed E-state index contributed by atoms with van der Waals surface area (Å²) in [6.07, 6.45) is 3.53. The second-order valence-electron chi connectivity index (χ2n) is 6.87. The minimum atomic E-state index is -0.471. The van der Waals surface area contributed by atoms with E-state index < -0.39 is 5.60 Å². The zero-order chi connectivity index (χ0) is 16.6. The highest BCUT2D eigenvalue weighted by atomic mass is 79.9. The van der Waals surface area contributed by atoms with Crippen LogP contribution < -0.4 is 0 Å². The number of ether oxygens (including phenoxy) is 1. The molecule has 3 rings (SSSR count). The number of aromatic nitrogens is 3. The maximum Gasteiger partial charge on any atom is 0.410 e. The van der Waals surface area contributed by atoms with Gasteiger partial charge in [-0.2, -0.15) is 5.10 Å². The average Bonchev–Trinajstić information content (AvgIpc) is 2.85.